The Morgan fingerprint density at radius 2 is 1.55 bits per heavy atom. The number of fused-ring (bicyclic) bond motifs is 3. The van der Waals surface area contributed by atoms with Crippen LogP contribution in [0.4, 0.5) is 4.79 Å². The Bertz CT molecular complexity index is 1730. The maximum atomic E-state index is 14.4. The number of benzene rings is 3. The highest BCUT2D eigenvalue weighted by molar-refractivity contribution is 5.84. The molecule has 0 unspecified atom stereocenters. The average Bonchev–Trinajstić information content (AvgIpc) is 3.16. The Kier molecular flexibility index (Phi) is 11.8. The molecule has 0 aromatic heterocycles. The second-order valence-electron chi connectivity index (χ2n) is 15.2. The number of nitrogens with zero attached hydrogens (tertiary/aromatic N) is 2. The number of nitrogens with one attached hydrogen (secondary N) is 1. The summed E-state index contributed by atoms with van der Waals surface area (Å²) in [5.74, 6) is 1.33. The van der Waals surface area contributed by atoms with Gasteiger partial charge in [0.05, 0.1) is 11.8 Å². The van der Waals surface area contributed by atoms with Crippen LogP contribution in [-0.2, 0) is 31.0 Å². The minimum absolute atomic E-state index is 0.115. The Balaban J connectivity index is 1.25. The smallest absolute Gasteiger partial charge is 0.410 e. The van der Waals surface area contributed by atoms with Gasteiger partial charge in [0.25, 0.3) is 0 Å². The van der Waals surface area contributed by atoms with Gasteiger partial charge in [0.1, 0.15) is 30.3 Å². The monoisotopic (exact) mass is 727 g/mol. The van der Waals surface area contributed by atoms with Crippen LogP contribution in [0.15, 0.2) is 66.7 Å². The van der Waals surface area contributed by atoms with E-state index >= 15 is 0 Å². The lowest BCUT2D eigenvalue weighted by molar-refractivity contribution is -0.140. The number of carbonyl (C=O) groups is 3. The molecule has 3 aliphatic rings. The summed E-state index contributed by atoms with van der Waals surface area (Å²) in [4.78, 5) is 45.5. The van der Waals surface area contributed by atoms with Gasteiger partial charge >= 0.3 is 6.09 Å². The van der Waals surface area contributed by atoms with E-state index in [0.29, 0.717) is 57.4 Å². The van der Waals surface area contributed by atoms with Gasteiger partial charge in [-0.15, -0.1) is 0 Å². The Hall–Kier alpha value is -4.77. The van der Waals surface area contributed by atoms with Crippen molar-refractivity contribution in [2.45, 2.75) is 70.9 Å². The summed E-state index contributed by atoms with van der Waals surface area (Å²) in [6.45, 7) is 10.4. The van der Waals surface area contributed by atoms with E-state index in [9.17, 15) is 14.4 Å². The van der Waals surface area contributed by atoms with Gasteiger partial charge in [-0.3, -0.25) is 9.59 Å². The van der Waals surface area contributed by atoms with Crippen molar-refractivity contribution in [1.29, 1.82) is 0 Å². The van der Waals surface area contributed by atoms with E-state index in [1.807, 2.05) is 82.3 Å². The predicted molar refractivity (Wildman–Crippen MR) is 200 cm³/mol. The molecule has 6 rings (SSSR count). The number of ether oxygens (including phenoxy) is 5. The predicted octanol–water partition coefficient (Wildman–Crippen LogP) is 6.70. The number of hydrogen-bond donors (Lipinski definition) is 1. The molecular formula is C42H53N3O8. The maximum Gasteiger partial charge on any atom is 0.410 e. The van der Waals surface area contributed by atoms with Crippen LogP contribution in [0.5, 0.6) is 23.0 Å². The maximum absolute atomic E-state index is 14.4. The summed E-state index contributed by atoms with van der Waals surface area (Å²) >= 11 is 0. The fourth-order valence-corrected chi connectivity index (χ4v) is 7.72. The number of piperidine rings is 1. The number of carbonyl (C=O) groups excluding carboxylic acids is 3. The Morgan fingerprint density at radius 1 is 0.887 bits per heavy atom. The van der Waals surface area contributed by atoms with Crippen LogP contribution in [0.1, 0.15) is 70.1 Å². The number of unbranched alkanes of at least 4 members (excludes halogenated alkanes) is 1. The van der Waals surface area contributed by atoms with Crippen molar-refractivity contribution in [1.82, 2.24) is 15.1 Å². The van der Waals surface area contributed by atoms with Crippen LogP contribution in [0.3, 0.4) is 0 Å². The first-order chi connectivity index (χ1) is 25.5. The molecule has 3 aromatic rings. The second kappa shape index (κ2) is 16.5. The van der Waals surface area contributed by atoms with Crippen LogP contribution in [0.25, 0.3) is 0 Å². The molecule has 2 atom stereocenters. The molecule has 284 valence electrons. The zero-order valence-corrected chi connectivity index (χ0v) is 31.7. The Labute approximate surface area is 312 Å². The second-order valence-corrected chi connectivity index (χ2v) is 15.2. The third kappa shape index (κ3) is 8.73. The van der Waals surface area contributed by atoms with E-state index < -0.39 is 28.9 Å². The van der Waals surface area contributed by atoms with Crippen molar-refractivity contribution < 1.29 is 38.1 Å². The summed E-state index contributed by atoms with van der Waals surface area (Å²) < 4.78 is 28.9. The molecule has 3 amide bonds. The third-order valence-corrected chi connectivity index (χ3v) is 10.3. The lowest BCUT2D eigenvalue weighted by Gasteiger charge is -2.42. The molecule has 0 radical (unpaired) electrons. The quantitative estimate of drug-likeness (QED) is 0.205. The third-order valence-electron chi connectivity index (χ3n) is 10.3. The van der Waals surface area contributed by atoms with Crippen molar-refractivity contribution in [2.75, 3.05) is 53.1 Å². The number of rotatable bonds is 12. The fraction of sp³-hybridized carbons (Fsp3) is 0.500. The minimum Gasteiger partial charge on any atom is -0.486 e. The molecule has 1 saturated heterocycles. The highest BCUT2D eigenvalue weighted by Gasteiger charge is 2.44. The summed E-state index contributed by atoms with van der Waals surface area (Å²) in [7, 11) is 1.70. The first-order valence-electron chi connectivity index (χ1n) is 18.8. The molecule has 1 N–H and O–H groups in total. The fourth-order valence-electron chi connectivity index (χ4n) is 7.72. The number of hydrogen-bond acceptors (Lipinski definition) is 8. The summed E-state index contributed by atoms with van der Waals surface area (Å²) in [5.41, 5.74) is 1.64. The van der Waals surface area contributed by atoms with E-state index in [1.165, 1.54) is 4.90 Å². The summed E-state index contributed by atoms with van der Waals surface area (Å²) in [6, 6.07) is 21.7. The summed E-state index contributed by atoms with van der Waals surface area (Å²) in [6.07, 6.45) is 2.27. The van der Waals surface area contributed by atoms with Gasteiger partial charge < -0.3 is 38.8 Å². The molecule has 11 heteroatoms. The van der Waals surface area contributed by atoms with Crippen molar-refractivity contribution in [3.63, 3.8) is 0 Å². The van der Waals surface area contributed by atoms with Gasteiger partial charge in [-0.2, -0.15) is 0 Å². The van der Waals surface area contributed by atoms with Crippen molar-refractivity contribution in [2.24, 2.45) is 11.8 Å². The SMILES string of the molecule is CCN(Cc1ccc2c(c1)OCCO2)C(=O)[C@@H]1C[C@H](C(=O)NCC2(CCCCOC)c3ccccc3Oc3ccccc32)CN(C(=O)OC(C)(C)C)C1. The van der Waals surface area contributed by atoms with Crippen molar-refractivity contribution in [3.8, 4) is 23.0 Å². The number of amides is 3. The van der Waals surface area contributed by atoms with Gasteiger partial charge in [0.15, 0.2) is 11.5 Å². The number of para-hydroxylation sites is 2. The van der Waals surface area contributed by atoms with E-state index in [0.717, 1.165) is 47.5 Å². The highest BCUT2D eigenvalue weighted by atomic mass is 16.6. The molecule has 0 saturated carbocycles. The highest BCUT2D eigenvalue weighted by Crippen LogP contribution is 2.50. The molecule has 3 aromatic carbocycles. The average molecular weight is 728 g/mol. The number of methoxy groups -OCH3 is 1. The lowest BCUT2D eigenvalue weighted by Crippen LogP contribution is -2.54. The molecule has 53 heavy (non-hydrogen) atoms. The van der Waals surface area contributed by atoms with Gasteiger partial charge in [-0.25, -0.2) is 4.79 Å². The molecule has 1 fully saturated rings. The van der Waals surface area contributed by atoms with Gasteiger partial charge in [-0.1, -0.05) is 42.5 Å². The molecule has 11 nitrogen and oxygen atoms in total. The van der Waals surface area contributed by atoms with Crippen LogP contribution in [0.2, 0.25) is 0 Å². The minimum atomic E-state index is -0.738. The van der Waals surface area contributed by atoms with Crippen molar-refractivity contribution in [3.05, 3.63) is 83.4 Å². The van der Waals surface area contributed by atoms with E-state index in [1.54, 1.807) is 12.0 Å². The molecular weight excluding hydrogens is 674 g/mol. The molecule has 3 heterocycles. The van der Waals surface area contributed by atoms with Crippen LogP contribution >= 0.6 is 0 Å². The molecule has 0 bridgehead atoms. The van der Waals surface area contributed by atoms with E-state index in [-0.39, 0.29) is 24.9 Å². The zero-order chi connectivity index (χ0) is 37.6. The first-order valence-corrected chi connectivity index (χ1v) is 18.8. The van der Waals surface area contributed by atoms with Gasteiger partial charge in [0.2, 0.25) is 11.8 Å². The number of likely N-dealkylation sites (tertiary alicyclic amines) is 1. The first kappa shape index (κ1) is 38.0. The standard InChI is InChI=1S/C42H53N3O8/c1-6-44(25-29-17-18-36-37(23-29)51-22-21-50-36)39(47)31-24-30(26-45(27-31)40(48)53-41(2,3)4)38(46)43-28-42(19-11-12-20-49-5)32-13-7-9-15-34(32)52-35-16-10-8-14-33(35)42/h7-10,13-18,23,30-31H,6,11-12,19-22,24-28H2,1-5H3,(H,43,46)/t30-,31+/m0/s1. The van der Waals surface area contributed by atoms with Crippen LogP contribution < -0.4 is 19.5 Å². The Morgan fingerprint density at radius 3 is 2.21 bits per heavy atom. The molecule has 0 aliphatic carbocycles. The van der Waals surface area contributed by atoms with Gasteiger partial charge in [0, 0.05) is 63.0 Å². The molecule has 3 aliphatic heterocycles. The van der Waals surface area contributed by atoms with Crippen molar-refractivity contribution >= 4 is 17.9 Å². The summed E-state index contributed by atoms with van der Waals surface area (Å²) in [5, 5.41) is 3.31. The normalized spacial score (nSPS) is 18.5. The van der Waals surface area contributed by atoms with Crippen LogP contribution in [0, 0.1) is 11.8 Å². The molecule has 0 spiro atoms. The van der Waals surface area contributed by atoms with Gasteiger partial charge in [-0.05, 0) is 83.2 Å². The van der Waals surface area contributed by atoms with E-state index in [4.69, 9.17) is 23.7 Å². The zero-order valence-electron chi connectivity index (χ0n) is 31.7. The topological polar surface area (TPSA) is 116 Å². The van der Waals surface area contributed by atoms with E-state index in [2.05, 4.69) is 17.4 Å². The largest absolute Gasteiger partial charge is 0.486 e. The lowest BCUT2D eigenvalue weighted by atomic mass is 9.69. The van der Waals surface area contributed by atoms with Crippen LogP contribution in [-0.4, -0.2) is 86.4 Å².